The van der Waals surface area contributed by atoms with Crippen molar-refractivity contribution in [3.63, 3.8) is 0 Å². The summed E-state index contributed by atoms with van der Waals surface area (Å²) in [5, 5.41) is 2.69. The van der Waals surface area contributed by atoms with E-state index < -0.39 is 8.32 Å². The van der Waals surface area contributed by atoms with E-state index in [1.165, 1.54) is 10.4 Å². The highest BCUT2D eigenvalue weighted by Crippen LogP contribution is 2.38. The van der Waals surface area contributed by atoms with Gasteiger partial charge in [-0.05, 0) is 41.6 Å². The maximum Gasteiger partial charge on any atom is 0.261 e. The molecule has 0 aromatic heterocycles. The molecular formula is C24H34O3Si. The SMILES string of the molecule is C[C@H](CCCC1OCCO1)O[Si](c1ccccc1)(c1ccccc1)C(C)(C)C. The molecule has 1 aliphatic heterocycles. The van der Waals surface area contributed by atoms with Gasteiger partial charge in [0, 0.05) is 6.10 Å². The summed E-state index contributed by atoms with van der Waals surface area (Å²) in [6.07, 6.45) is 3.14. The van der Waals surface area contributed by atoms with Crippen LogP contribution < -0.4 is 10.4 Å². The standard InChI is InChI=1S/C24H34O3Si/c1-20(12-11-17-23-25-18-19-26-23)27-28(24(2,3)4,21-13-7-5-8-14-21)22-15-9-6-10-16-22/h5-10,13-16,20,23H,11-12,17-19H2,1-4H3/t20-/m1/s1. The second kappa shape index (κ2) is 9.36. The van der Waals surface area contributed by atoms with Crippen molar-refractivity contribution in [2.24, 2.45) is 0 Å². The third-order valence-corrected chi connectivity index (χ3v) is 10.7. The van der Waals surface area contributed by atoms with Crippen molar-refractivity contribution in [2.45, 2.75) is 64.4 Å². The van der Waals surface area contributed by atoms with Gasteiger partial charge in [-0.15, -0.1) is 0 Å². The lowest BCUT2D eigenvalue weighted by Crippen LogP contribution is -2.67. The fourth-order valence-electron chi connectivity index (χ4n) is 4.20. The normalized spacial score (nSPS) is 17.0. The summed E-state index contributed by atoms with van der Waals surface area (Å²) < 4.78 is 18.2. The molecule has 0 radical (unpaired) electrons. The van der Waals surface area contributed by atoms with Crippen molar-refractivity contribution < 1.29 is 13.9 Å². The highest BCUT2D eigenvalue weighted by molar-refractivity contribution is 6.99. The second-order valence-corrected chi connectivity index (χ2v) is 12.9. The van der Waals surface area contributed by atoms with Gasteiger partial charge in [-0.2, -0.15) is 0 Å². The van der Waals surface area contributed by atoms with Crippen LogP contribution >= 0.6 is 0 Å². The molecule has 1 fully saturated rings. The molecule has 2 aromatic rings. The van der Waals surface area contributed by atoms with E-state index in [-0.39, 0.29) is 17.4 Å². The smallest absolute Gasteiger partial charge is 0.261 e. The molecule has 1 aliphatic rings. The molecule has 0 spiro atoms. The van der Waals surface area contributed by atoms with E-state index in [9.17, 15) is 0 Å². The van der Waals surface area contributed by atoms with Crippen LogP contribution in [0.2, 0.25) is 5.04 Å². The first-order valence-electron chi connectivity index (χ1n) is 10.5. The Morgan fingerprint density at radius 3 is 1.89 bits per heavy atom. The largest absolute Gasteiger partial charge is 0.405 e. The minimum atomic E-state index is -2.46. The van der Waals surface area contributed by atoms with Crippen LogP contribution in [0.15, 0.2) is 60.7 Å². The van der Waals surface area contributed by atoms with Crippen molar-refractivity contribution in [1.29, 1.82) is 0 Å². The van der Waals surface area contributed by atoms with Crippen LogP contribution in [0, 0.1) is 0 Å². The van der Waals surface area contributed by atoms with Crippen LogP contribution in [0.1, 0.15) is 47.0 Å². The van der Waals surface area contributed by atoms with E-state index in [0.717, 1.165) is 32.5 Å². The Balaban J connectivity index is 1.85. The molecule has 0 aliphatic carbocycles. The molecule has 152 valence electrons. The lowest BCUT2D eigenvalue weighted by molar-refractivity contribution is -0.0490. The van der Waals surface area contributed by atoms with Gasteiger partial charge in [0.15, 0.2) is 6.29 Å². The topological polar surface area (TPSA) is 27.7 Å². The van der Waals surface area contributed by atoms with E-state index in [1.807, 2.05) is 0 Å². The number of rotatable bonds is 8. The third-order valence-electron chi connectivity index (χ3n) is 5.54. The Morgan fingerprint density at radius 1 is 0.929 bits per heavy atom. The molecule has 0 amide bonds. The van der Waals surface area contributed by atoms with Gasteiger partial charge in [0.2, 0.25) is 0 Å². The van der Waals surface area contributed by atoms with Crippen LogP contribution in [0.3, 0.4) is 0 Å². The Bertz CT molecular complexity index is 666. The van der Waals surface area contributed by atoms with Gasteiger partial charge in [0.05, 0.1) is 13.2 Å². The number of benzene rings is 2. The van der Waals surface area contributed by atoms with E-state index in [0.29, 0.717) is 0 Å². The Labute approximate surface area is 171 Å². The van der Waals surface area contributed by atoms with Gasteiger partial charge in [-0.25, -0.2) is 0 Å². The summed E-state index contributed by atoms with van der Waals surface area (Å²) >= 11 is 0. The van der Waals surface area contributed by atoms with Crippen LogP contribution in [0.25, 0.3) is 0 Å². The maximum absolute atomic E-state index is 7.10. The molecule has 0 saturated carbocycles. The van der Waals surface area contributed by atoms with Gasteiger partial charge in [0.1, 0.15) is 0 Å². The predicted octanol–water partition coefficient (Wildman–Crippen LogP) is 4.49. The van der Waals surface area contributed by atoms with Crippen LogP contribution in [0.4, 0.5) is 0 Å². The average Bonchev–Trinajstić information content (AvgIpc) is 3.20. The highest BCUT2D eigenvalue weighted by atomic mass is 28.4. The molecule has 0 unspecified atom stereocenters. The van der Waals surface area contributed by atoms with Crippen LogP contribution in [-0.2, 0) is 13.9 Å². The van der Waals surface area contributed by atoms with Gasteiger partial charge in [-0.1, -0.05) is 81.4 Å². The van der Waals surface area contributed by atoms with Gasteiger partial charge < -0.3 is 13.9 Å². The van der Waals surface area contributed by atoms with Gasteiger partial charge >= 0.3 is 0 Å². The molecule has 4 heteroatoms. The molecule has 3 rings (SSSR count). The fourth-order valence-corrected chi connectivity index (χ4v) is 8.93. The monoisotopic (exact) mass is 398 g/mol. The third kappa shape index (κ3) is 4.74. The van der Waals surface area contributed by atoms with E-state index >= 15 is 0 Å². The summed E-state index contributed by atoms with van der Waals surface area (Å²) in [5.41, 5.74) is 0. The molecule has 28 heavy (non-hydrogen) atoms. The molecule has 0 bridgehead atoms. The quantitative estimate of drug-likeness (QED) is 0.613. The summed E-state index contributed by atoms with van der Waals surface area (Å²) in [5.74, 6) is 0. The average molecular weight is 399 g/mol. The Hall–Kier alpha value is -1.46. The molecular weight excluding hydrogens is 364 g/mol. The van der Waals surface area contributed by atoms with Crippen molar-refractivity contribution in [3.8, 4) is 0 Å². The fraction of sp³-hybridized carbons (Fsp3) is 0.500. The summed E-state index contributed by atoms with van der Waals surface area (Å²) in [6.45, 7) is 10.6. The summed E-state index contributed by atoms with van der Waals surface area (Å²) in [6, 6.07) is 21.7. The molecule has 2 aromatic carbocycles. The van der Waals surface area contributed by atoms with Crippen molar-refractivity contribution in [3.05, 3.63) is 60.7 Å². The lowest BCUT2D eigenvalue weighted by Gasteiger charge is -2.44. The molecule has 1 atom stereocenters. The first kappa shape index (κ1) is 21.3. The maximum atomic E-state index is 7.10. The lowest BCUT2D eigenvalue weighted by atomic mass is 10.2. The summed E-state index contributed by atoms with van der Waals surface area (Å²) in [4.78, 5) is 0. The molecule has 3 nitrogen and oxygen atoms in total. The molecule has 0 N–H and O–H groups in total. The van der Waals surface area contributed by atoms with Crippen molar-refractivity contribution in [1.82, 2.24) is 0 Å². The summed E-state index contributed by atoms with van der Waals surface area (Å²) in [7, 11) is -2.46. The zero-order valence-corrected chi connectivity index (χ0v) is 18.7. The second-order valence-electron chi connectivity index (χ2n) is 8.69. The van der Waals surface area contributed by atoms with Gasteiger partial charge in [0.25, 0.3) is 8.32 Å². The zero-order valence-electron chi connectivity index (χ0n) is 17.7. The van der Waals surface area contributed by atoms with E-state index in [4.69, 9.17) is 13.9 Å². The van der Waals surface area contributed by atoms with Crippen molar-refractivity contribution >= 4 is 18.7 Å². The zero-order chi connectivity index (χ0) is 20.0. The van der Waals surface area contributed by atoms with Crippen LogP contribution in [0.5, 0.6) is 0 Å². The van der Waals surface area contributed by atoms with E-state index in [2.05, 4.69) is 88.4 Å². The first-order chi connectivity index (χ1) is 13.4. The Morgan fingerprint density at radius 2 is 1.43 bits per heavy atom. The Kier molecular flexibility index (Phi) is 7.10. The van der Waals surface area contributed by atoms with Crippen molar-refractivity contribution in [2.75, 3.05) is 13.2 Å². The van der Waals surface area contributed by atoms with Gasteiger partial charge in [-0.3, -0.25) is 0 Å². The number of hydrogen-bond donors (Lipinski definition) is 0. The van der Waals surface area contributed by atoms with E-state index in [1.54, 1.807) is 0 Å². The first-order valence-corrected chi connectivity index (χ1v) is 12.4. The molecule has 1 heterocycles. The predicted molar refractivity (Wildman–Crippen MR) is 118 cm³/mol. The minimum Gasteiger partial charge on any atom is -0.405 e. The van der Waals surface area contributed by atoms with Crippen LogP contribution in [-0.4, -0.2) is 33.9 Å². The highest BCUT2D eigenvalue weighted by Gasteiger charge is 2.50. The minimum absolute atomic E-state index is 0.0155. The number of hydrogen-bond acceptors (Lipinski definition) is 3. The molecule has 1 saturated heterocycles. The number of ether oxygens (including phenoxy) is 2.